The Balaban J connectivity index is 2.96. The molecule has 0 saturated heterocycles. The monoisotopic (exact) mass is 272 g/mol. The second-order valence-corrected chi connectivity index (χ2v) is 3.95. The Kier molecular flexibility index (Phi) is 4.11. The van der Waals surface area contributed by atoms with E-state index in [1.54, 1.807) is 25.2 Å². The molecule has 15 heavy (non-hydrogen) atoms. The minimum absolute atomic E-state index is 0.0534. The zero-order valence-corrected chi connectivity index (χ0v) is 9.99. The normalized spacial score (nSPS) is 10.1. The molecular weight excluding hydrogens is 260 g/mol. The van der Waals surface area contributed by atoms with E-state index in [-0.39, 0.29) is 12.5 Å². The molecule has 0 aliphatic carbocycles. The lowest BCUT2D eigenvalue weighted by Crippen LogP contribution is -2.29. The van der Waals surface area contributed by atoms with Crippen molar-refractivity contribution in [1.82, 2.24) is 4.90 Å². The van der Waals surface area contributed by atoms with Crippen LogP contribution < -0.4 is 5.73 Å². The number of carbonyl (C=O) groups is 1. The number of aliphatic hydroxyl groups excluding tert-OH is 1. The number of benzene rings is 1. The number of rotatable bonds is 3. The first-order chi connectivity index (χ1) is 7.07. The fourth-order valence-corrected chi connectivity index (χ4v) is 1.61. The molecule has 0 radical (unpaired) electrons. The third kappa shape index (κ3) is 2.70. The highest BCUT2D eigenvalue weighted by molar-refractivity contribution is 9.10. The molecule has 0 aliphatic heterocycles. The predicted octanol–water partition coefficient (Wildman–Crippen LogP) is 1.10. The van der Waals surface area contributed by atoms with E-state index in [4.69, 9.17) is 10.8 Å². The molecule has 0 saturated carbocycles. The van der Waals surface area contributed by atoms with Gasteiger partial charge >= 0.3 is 0 Å². The number of nitrogens with zero attached hydrogens (tertiary/aromatic N) is 1. The van der Waals surface area contributed by atoms with Gasteiger partial charge in [0.1, 0.15) is 0 Å². The van der Waals surface area contributed by atoms with Gasteiger partial charge in [-0.3, -0.25) is 4.79 Å². The lowest BCUT2D eigenvalue weighted by atomic mass is 10.2. The summed E-state index contributed by atoms with van der Waals surface area (Å²) in [6.07, 6.45) is 0. The minimum Gasteiger partial charge on any atom is -0.398 e. The molecule has 82 valence electrons. The average Bonchev–Trinajstić information content (AvgIpc) is 2.21. The molecule has 0 aliphatic rings. The van der Waals surface area contributed by atoms with Crippen LogP contribution in [0.3, 0.4) is 0 Å². The molecular formula is C10H13BrN2O2. The SMILES string of the molecule is CN(CCO)C(=O)c1cccc(N)c1Br. The van der Waals surface area contributed by atoms with Crippen molar-refractivity contribution >= 4 is 27.5 Å². The summed E-state index contributed by atoms with van der Waals surface area (Å²) in [6.45, 7) is 0.252. The number of carbonyl (C=O) groups excluding carboxylic acids is 1. The smallest absolute Gasteiger partial charge is 0.254 e. The highest BCUT2D eigenvalue weighted by Crippen LogP contribution is 2.24. The van der Waals surface area contributed by atoms with Gasteiger partial charge in [0.25, 0.3) is 5.91 Å². The van der Waals surface area contributed by atoms with Crippen molar-refractivity contribution in [2.75, 3.05) is 25.9 Å². The van der Waals surface area contributed by atoms with Crippen LogP contribution >= 0.6 is 15.9 Å². The van der Waals surface area contributed by atoms with Gasteiger partial charge in [-0.05, 0) is 28.1 Å². The van der Waals surface area contributed by atoms with Gasteiger partial charge in [0, 0.05) is 19.3 Å². The molecule has 5 heteroatoms. The standard InChI is InChI=1S/C10H13BrN2O2/c1-13(5-6-14)10(15)7-3-2-4-8(12)9(7)11/h2-4,14H,5-6,12H2,1H3. The summed E-state index contributed by atoms with van der Waals surface area (Å²) in [5.74, 6) is -0.164. The Morgan fingerprint density at radius 2 is 2.27 bits per heavy atom. The Hall–Kier alpha value is -1.07. The number of halogens is 1. The Labute approximate surface area is 96.8 Å². The maximum absolute atomic E-state index is 11.8. The summed E-state index contributed by atoms with van der Waals surface area (Å²) in [5.41, 5.74) is 6.70. The summed E-state index contributed by atoms with van der Waals surface area (Å²) < 4.78 is 0.597. The van der Waals surface area contributed by atoms with E-state index in [0.29, 0.717) is 22.3 Å². The van der Waals surface area contributed by atoms with E-state index in [0.717, 1.165) is 0 Å². The topological polar surface area (TPSA) is 66.6 Å². The maximum atomic E-state index is 11.8. The summed E-state index contributed by atoms with van der Waals surface area (Å²) in [5, 5.41) is 8.73. The van der Waals surface area contributed by atoms with Crippen molar-refractivity contribution in [3.63, 3.8) is 0 Å². The molecule has 4 nitrogen and oxygen atoms in total. The molecule has 1 aromatic rings. The molecule has 1 amide bonds. The Morgan fingerprint density at radius 1 is 1.60 bits per heavy atom. The molecule has 0 fully saturated rings. The van der Waals surface area contributed by atoms with Crippen molar-refractivity contribution < 1.29 is 9.90 Å². The Morgan fingerprint density at radius 3 is 2.87 bits per heavy atom. The number of nitrogens with two attached hydrogens (primary N) is 1. The minimum atomic E-state index is -0.164. The lowest BCUT2D eigenvalue weighted by molar-refractivity contribution is 0.0766. The number of hydrogen-bond donors (Lipinski definition) is 2. The summed E-state index contributed by atoms with van der Waals surface area (Å²) >= 11 is 3.27. The molecule has 0 heterocycles. The third-order valence-electron chi connectivity index (χ3n) is 2.04. The molecule has 1 aromatic carbocycles. The average molecular weight is 273 g/mol. The zero-order chi connectivity index (χ0) is 11.4. The Bertz CT molecular complexity index is 368. The van der Waals surface area contributed by atoms with Crippen LogP contribution in [0.1, 0.15) is 10.4 Å². The van der Waals surface area contributed by atoms with Crippen LogP contribution in [0.25, 0.3) is 0 Å². The van der Waals surface area contributed by atoms with Gasteiger partial charge in [-0.25, -0.2) is 0 Å². The first kappa shape index (κ1) is 12.0. The molecule has 0 unspecified atom stereocenters. The van der Waals surface area contributed by atoms with Crippen LogP contribution in [0.4, 0.5) is 5.69 Å². The van der Waals surface area contributed by atoms with Gasteiger partial charge in [-0.1, -0.05) is 6.07 Å². The molecule has 0 atom stereocenters. The van der Waals surface area contributed by atoms with Gasteiger partial charge in [-0.15, -0.1) is 0 Å². The first-order valence-electron chi connectivity index (χ1n) is 4.48. The van der Waals surface area contributed by atoms with E-state index in [1.807, 2.05) is 0 Å². The highest BCUT2D eigenvalue weighted by Gasteiger charge is 2.15. The fraction of sp³-hybridized carbons (Fsp3) is 0.300. The second-order valence-electron chi connectivity index (χ2n) is 3.16. The van der Waals surface area contributed by atoms with Crippen LogP contribution in [-0.4, -0.2) is 36.1 Å². The van der Waals surface area contributed by atoms with E-state index >= 15 is 0 Å². The number of likely N-dealkylation sites (N-methyl/N-ethyl adjacent to an activating group) is 1. The van der Waals surface area contributed by atoms with E-state index in [1.165, 1.54) is 4.90 Å². The van der Waals surface area contributed by atoms with Crippen LogP contribution in [0.2, 0.25) is 0 Å². The van der Waals surface area contributed by atoms with Gasteiger partial charge in [0.2, 0.25) is 0 Å². The van der Waals surface area contributed by atoms with Gasteiger partial charge in [0.15, 0.2) is 0 Å². The number of amides is 1. The molecule has 1 rings (SSSR count). The van der Waals surface area contributed by atoms with Crippen molar-refractivity contribution in [1.29, 1.82) is 0 Å². The van der Waals surface area contributed by atoms with Gasteiger partial charge in [0.05, 0.1) is 16.6 Å². The predicted molar refractivity (Wildman–Crippen MR) is 62.6 cm³/mol. The van der Waals surface area contributed by atoms with Crippen molar-refractivity contribution in [3.05, 3.63) is 28.2 Å². The van der Waals surface area contributed by atoms with Crippen LogP contribution in [-0.2, 0) is 0 Å². The largest absolute Gasteiger partial charge is 0.398 e. The summed E-state index contributed by atoms with van der Waals surface area (Å²) in [7, 11) is 1.63. The quantitative estimate of drug-likeness (QED) is 0.810. The van der Waals surface area contributed by atoms with Crippen molar-refractivity contribution in [2.24, 2.45) is 0 Å². The fourth-order valence-electron chi connectivity index (χ4n) is 1.17. The van der Waals surface area contributed by atoms with E-state index in [9.17, 15) is 4.79 Å². The number of anilines is 1. The van der Waals surface area contributed by atoms with Crippen molar-refractivity contribution in [2.45, 2.75) is 0 Å². The molecule has 3 N–H and O–H groups in total. The van der Waals surface area contributed by atoms with E-state index < -0.39 is 0 Å². The summed E-state index contributed by atoms with van der Waals surface area (Å²) in [6, 6.07) is 5.13. The maximum Gasteiger partial charge on any atom is 0.254 e. The second kappa shape index (κ2) is 5.14. The van der Waals surface area contributed by atoms with Crippen molar-refractivity contribution in [3.8, 4) is 0 Å². The van der Waals surface area contributed by atoms with Crippen LogP contribution in [0.5, 0.6) is 0 Å². The number of hydrogen-bond acceptors (Lipinski definition) is 3. The van der Waals surface area contributed by atoms with Crippen LogP contribution in [0.15, 0.2) is 22.7 Å². The zero-order valence-electron chi connectivity index (χ0n) is 8.40. The van der Waals surface area contributed by atoms with Gasteiger partial charge in [-0.2, -0.15) is 0 Å². The molecule has 0 bridgehead atoms. The number of nitrogen functional groups attached to an aromatic ring is 1. The van der Waals surface area contributed by atoms with Crippen LogP contribution in [0, 0.1) is 0 Å². The lowest BCUT2D eigenvalue weighted by Gasteiger charge is -2.16. The first-order valence-corrected chi connectivity index (χ1v) is 5.27. The van der Waals surface area contributed by atoms with Gasteiger partial charge < -0.3 is 15.7 Å². The highest BCUT2D eigenvalue weighted by atomic mass is 79.9. The third-order valence-corrected chi connectivity index (χ3v) is 2.93. The van der Waals surface area contributed by atoms with E-state index in [2.05, 4.69) is 15.9 Å². The summed E-state index contributed by atoms with van der Waals surface area (Å²) in [4.78, 5) is 13.3. The molecule has 0 spiro atoms. The number of aliphatic hydroxyl groups is 1. The molecule has 0 aromatic heterocycles.